The molecule has 3 rings (SSSR count). The smallest absolute Gasteiger partial charge is 0.124 e. The molecule has 2 nitrogen and oxygen atoms in total. The lowest BCUT2D eigenvalue weighted by Crippen LogP contribution is -2.24. The van der Waals surface area contributed by atoms with Crippen molar-refractivity contribution in [3.63, 3.8) is 0 Å². The first-order valence-corrected chi connectivity index (χ1v) is 8.73. The Balaban J connectivity index is 1.88. The third-order valence-corrected chi connectivity index (χ3v) is 5.33. The first kappa shape index (κ1) is 14.9. The normalized spacial score (nSPS) is 28.8. The third-order valence-electron chi connectivity index (χ3n) is 5.33. The molecule has 0 bridgehead atoms. The Bertz CT molecular complexity index is 472. The lowest BCUT2D eigenvalue weighted by Gasteiger charge is -2.22. The largest absolute Gasteiger partial charge is 0.494 e. The van der Waals surface area contributed by atoms with Gasteiger partial charge in [0.05, 0.1) is 6.61 Å². The predicted octanol–water partition coefficient (Wildman–Crippen LogP) is 4.48. The summed E-state index contributed by atoms with van der Waals surface area (Å²) < 4.78 is 5.91. The Hall–Kier alpha value is -1.02. The van der Waals surface area contributed by atoms with Crippen LogP contribution in [0, 0.1) is 24.7 Å². The molecule has 116 valence electrons. The predicted molar refractivity (Wildman–Crippen MR) is 87.7 cm³/mol. The van der Waals surface area contributed by atoms with Crippen LogP contribution < -0.4 is 10.1 Å². The van der Waals surface area contributed by atoms with Gasteiger partial charge in [-0.3, -0.25) is 0 Å². The number of hydrogen-bond donors (Lipinski definition) is 1. The van der Waals surface area contributed by atoms with Crippen molar-refractivity contribution in [1.29, 1.82) is 0 Å². The fourth-order valence-electron chi connectivity index (χ4n) is 4.41. The topological polar surface area (TPSA) is 21.3 Å². The van der Waals surface area contributed by atoms with E-state index in [9.17, 15) is 0 Å². The fraction of sp³-hybridized carbons (Fsp3) is 0.684. The quantitative estimate of drug-likeness (QED) is 0.833. The van der Waals surface area contributed by atoms with Gasteiger partial charge in [0.25, 0.3) is 0 Å². The van der Waals surface area contributed by atoms with Crippen LogP contribution in [0.3, 0.4) is 0 Å². The average molecular weight is 287 g/mol. The number of hydrogen-bond acceptors (Lipinski definition) is 2. The molecule has 2 heteroatoms. The molecule has 3 unspecified atom stereocenters. The highest BCUT2D eigenvalue weighted by atomic mass is 16.5. The highest BCUT2D eigenvalue weighted by Gasteiger charge is 2.54. The van der Waals surface area contributed by atoms with Crippen LogP contribution >= 0.6 is 0 Å². The van der Waals surface area contributed by atoms with Gasteiger partial charge >= 0.3 is 0 Å². The summed E-state index contributed by atoms with van der Waals surface area (Å²) in [7, 11) is 0. The minimum Gasteiger partial charge on any atom is -0.494 e. The summed E-state index contributed by atoms with van der Waals surface area (Å²) in [6.07, 6.45) is 5.74. The third kappa shape index (κ3) is 2.96. The van der Waals surface area contributed by atoms with Gasteiger partial charge in [-0.1, -0.05) is 37.5 Å². The van der Waals surface area contributed by atoms with E-state index in [1.54, 1.807) is 0 Å². The molecule has 2 saturated carbocycles. The molecule has 0 amide bonds. The minimum atomic E-state index is 0.476. The molecular weight excluding hydrogens is 258 g/mol. The van der Waals surface area contributed by atoms with Gasteiger partial charge in [0.1, 0.15) is 5.75 Å². The van der Waals surface area contributed by atoms with Gasteiger partial charge in [-0.25, -0.2) is 0 Å². The summed E-state index contributed by atoms with van der Waals surface area (Å²) >= 11 is 0. The molecule has 2 aliphatic rings. The van der Waals surface area contributed by atoms with Crippen LogP contribution in [-0.2, 0) is 0 Å². The highest BCUT2D eigenvalue weighted by Crippen LogP contribution is 2.61. The molecule has 21 heavy (non-hydrogen) atoms. The number of nitrogens with one attached hydrogen (secondary N) is 1. The first-order valence-electron chi connectivity index (χ1n) is 8.73. The molecule has 0 radical (unpaired) electrons. The summed E-state index contributed by atoms with van der Waals surface area (Å²) in [6.45, 7) is 8.24. The SMILES string of the molecule is CCNC(c1cc(C)ccc1OCC)C1C2CCCCC21. The Morgan fingerprint density at radius 1 is 1.19 bits per heavy atom. The molecule has 0 spiro atoms. The standard InChI is InChI=1S/C19H29NO/c1-4-20-19(18-14-8-6-7-9-15(14)18)16-12-13(3)10-11-17(16)21-5-2/h10-12,14-15,18-20H,4-9H2,1-3H3. The van der Waals surface area contributed by atoms with Crippen molar-refractivity contribution in [2.45, 2.75) is 52.5 Å². The minimum absolute atomic E-state index is 0.476. The monoisotopic (exact) mass is 287 g/mol. The summed E-state index contributed by atoms with van der Waals surface area (Å²) in [5.74, 6) is 3.82. The van der Waals surface area contributed by atoms with Gasteiger partial charge in [-0.05, 0) is 57.1 Å². The number of fused-ring (bicyclic) bond motifs is 1. The molecule has 2 aliphatic carbocycles. The Morgan fingerprint density at radius 3 is 2.52 bits per heavy atom. The van der Waals surface area contributed by atoms with Gasteiger partial charge < -0.3 is 10.1 Å². The fourth-order valence-corrected chi connectivity index (χ4v) is 4.41. The van der Waals surface area contributed by atoms with E-state index >= 15 is 0 Å². The molecule has 1 aromatic rings. The van der Waals surface area contributed by atoms with Gasteiger partial charge in [-0.2, -0.15) is 0 Å². The molecule has 1 aromatic carbocycles. The van der Waals surface area contributed by atoms with Crippen molar-refractivity contribution < 1.29 is 4.74 Å². The van der Waals surface area contributed by atoms with Crippen LogP contribution in [0.1, 0.15) is 56.7 Å². The van der Waals surface area contributed by atoms with E-state index in [2.05, 4.69) is 44.3 Å². The van der Waals surface area contributed by atoms with Crippen LogP contribution in [0.2, 0.25) is 0 Å². The second-order valence-corrected chi connectivity index (χ2v) is 6.70. The lowest BCUT2D eigenvalue weighted by atomic mass is 9.97. The van der Waals surface area contributed by atoms with Gasteiger partial charge in [0, 0.05) is 11.6 Å². The maximum absolute atomic E-state index is 5.91. The van der Waals surface area contributed by atoms with E-state index in [0.717, 1.165) is 36.7 Å². The second kappa shape index (κ2) is 6.39. The zero-order valence-electron chi connectivity index (χ0n) is 13.7. The molecule has 0 aromatic heterocycles. The van der Waals surface area contributed by atoms with Gasteiger partial charge in [-0.15, -0.1) is 0 Å². The van der Waals surface area contributed by atoms with E-state index in [0.29, 0.717) is 6.04 Å². The summed E-state index contributed by atoms with van der Waals surface area (Å²) in [4.78, 5) is 0. The van der Waals surface area contributed by atoms with Crippen molar-refractivity contribution in [1.82, 2.24) is 5.32 Å². The van der Waals surface area contributed by atoms with E-state index in [-0.39, 0.29) is 0 Å². The van der Waals surface area contributed by atoms with Crippen molar-refractivity contribution in [2.75, 3.05) is 13.2 Å². The van der Waals surface area contributed by atoms with Crippen LogP contribution in [0.15, 0.2) is 18.2 Å². The van der Waals surface area contributed by atoms with Crippen LogP contribution in [0.25, 0.3) is 0 Å². The number of benzene rings is 1. The van der Waals surface area contributed by atoms with E-state index < -0.39 is 0 Å². The average Bonchev–Trinajstić information content (AvgIpc) is 3.21. The molecule has 3 atom stereocenters. The summed E-state index contributed by atoms with van der Waals surface area (Å²) in [5.41, 5.74) is 2.72. The van der Waals surface area contributed by atoms with Gasteiger partial charge in [0.2, 0.25) is 0 Å². The zero-order chi connectivity index (χ0) is 14.8. The summed E-state index contributed by atoms with van der Waals surface area (Å²) in [6, 6.07) is 7.13. The molecule has 1 N–H and O–H groups in total. The maximum atomic E-state index is 5.91. The maximum Gasteiger partial charge on any atom is 0.124 e. The van der Waals surface area contributed by atoms with Crippen LogP contribution in [0.4, 0.5) is 0 Å². The van der Waals surface area contributed by atoms with Gasteiger partial charge in [0.15, 0.2) is 0 Å². The second-order valence-electron chi connectivity index (χ2n) is 6.70. The molecule has 0 aliphatic heterocycles. The number of rotatable bonds is 6. The Kier molecular flexibility index (Phi) is 4.54. The summed E-state index contributed by atoms with van der Waals surface area (Å²) in [5, 5.41) is 3.76. The van der Waals surface area contributed by atoms with E-state index in [1.165, 1.54) is 36.8 Å². The van der Waals surface area contributed by atoms with Crippen LogP contribution in [-0.4, -0.2) is 13.2 Å². The molecular formula is C19H29NO. The molecule has 0 heterocycles. The highest BCUT2D eigenvalue weighted by molar-refractivity contribution is 5.40. The van der Waals surface area contributed by atoms with Crippen LogP contribution in [0.5, 0.6) is 5.75 Å². The molecule has 0 saturated heterocycles. The number of aryl methyl sites for hydroxylation is 1. The van der Waals surface area contributed by atoms with Crippen molar-refractivity contribution >= 4 is 0 Å². The van der Waals surface area contributed by atoms with E-state index in [1.807, 2.05) is 0 Å². The Morgan fingerprint density at radius 2 is 1.90 bits per heavy atom. The zero-order valence-corrected chi connectivity index (χ0v) is 13.7. The van der Waals surface area contributed by atoms with Crippen molar-refractivity contribution in [3.05, 3.63) is 29.3 Å². The van der Waals surface area contributed by atoms with E-state index in [4.69, 9.17) is 4.74 Å². The lowest BCUT2D eigenvalue weighted by molar-refractivity contribution is 0.326. The van der Waals surface area contributed by atoms with Crippen molar-refractivity contribution in [2.24, 2.45) is 17.8 Å². The Labute approximate surface area is 129 Å². The molecule has 2 fully saturated rings. The number of ether oxygens (including phenoxy) is 1. The van der Waals surface area contributed by atoms with Crippen molar-refractivity contribution in [3.8, 4) is 5.75 Å². The first-order chi connectivity index (χ1) is 10.3.